The van der Waals surface area contributed by atoms with Crippen LogP contribution in [0.3, 0.4) is 0 Å². The van der Waals surface area contributed by atoms with Gasteiger partial charge in [-0.1, -0.05) is 30.3 Å². The average Bonchev–Trinajstić information content (AvgIpc) is 3.17. The highest BCUT2D eigenvalue weighted by atomic mass is 16.5. The maximum atomic E-state index is 12.8. The smallest absolute Gasteiger partial charge is 0.231 e. The molecule has 0 unspecified atom stereocenters. The van der Waals surface area contributed by atoms with Gasteiger partial charge in [0.15, 0.2) is 5.76 Å². The van der Waals surface area contributed by atoms with Crippen molar-refractivity contribution in [3.05, 3.63) is 83.7 Å². The van der Waals surface area contributed by atoms with Gasteiger partial charge >= 0.3 is 0 Å². The van der Waals surface area contributed by atoms with E-state index in [1.54, 1.807) is 18.3 Å². The Morgan fingerprint density at radius 2 is 1.89 bits per heavy atom. The topological polar surface area (TPSA) is 64.3 Å². The molecule has 0 radical (unpaired) electrons. The molecule has 4 aromatic rings. The summed E-state index contributed by atoms with van der Waals surface area (Å²) in [4.78, 5) is 17.3. The van der Waals surface area contributed by atoms with Crippen molar-refractivity contribution in [1.29, 1.82) is 0 Å². The minimum atomic E-state index is -0.199. The van der Waals surface area contributed by atoms with Crippen molar-refractivity contribution in [1.82, 2.24) is 9.55 Å². The molecule has 2 aromatic carbocycles. The molecule has 0 saturated heterocycles. The molecular weight excluding hydrogens is 352 g/mol. The number of carbonyl (C=O) groups is 1. The van der Waals surface area contributed by atoms with E-state index in [2.05, 4.69) is 4.98 Å². The molecule has 0 atom stereocenters. The second kappa shape index (κ2) is 6.09. The third kappa shape index (κ3) is 2.41. The maximum absolute atomic E-state index is 12.8. The molecule has 0 bridgehead atoms. The number of aromatic hydroxyl groups is 1. The first-order valence-corrected chi connectivity index (χ1v) is 8.89. The highest BCUT2D eigenvalue weighted by Gasteiger charge is 2.29. The maximum Gasteiger partial charge on any atom is 0.231 e. The van der Waals surface area contributed by atoms with E-state index in [-0.39, 0.29) is 17.3 Å². The molecule has 28 heavy (non-hydrogen) atoms. The van der Waals surface area contributed by atoms with E-state index in [9.17, 15) is 9.90 Å². The Labute approximate surface area is 161 Å². The predicted molar refractivity (Wildman–Crippen MR) is 107 cm³/mol. The van der Waals surface area contributed by atoms with Gasteiger partial charge in [-0.25, -0.2) is 4.98 Å². The van der Waals surface area contributed by atoms with E-state index >= 15 is 0 Å². The zero-order chi connectivity index (χ0) is 19.3. The molecule has 2 aromatic heterocycles. The molecule has 0 spiro atoms. The second-order valence-corrected chi connectivity index (χ2v) is 6.68. The van der Waals surface area contributed by atoms with Crippen molar-refractivity contribution in [2.75, 3.05) is 0 Å². The number of rotatable bonds is 2. The highest BCUT2D eigenvalue weighted by molar-refractivity contribution is 6.15. The van der Waals surface area contributed by atoms with Gasteiger partial charge in [0.05, 0.1) is 11.3 Å². The molecule has 1 aliphatic heterocycles. The number of allylic oxidation sites excluding steroid dienone is 1. The van der Waals surface area contributed by atoms with Crippen LogP contribution in [0.4, 0.5) is 0 Å². The van der Waals surface area contributed by atoms with Crippen molar-refractivity contribution in [3.63, 3.8) is 0 Å². The summed E-state index contributed by atoms with van der Waals surface area (Å²) in [6, 6.07) is 18.4. The van der Waals surface area contributed by atoms with Gasteiger partial charge in [-0.3, -0.25) is 4.79 Å². The molecule has 3 heterocycles. The van der Waals surface area contributed by atoms with Crippen LogP contribution in [-0.2, 0) is 7.05 Å². The summed E-state index contributed by atoms with van der Waals surface area (Å²) in [7, 11) is 1.96. The molecule has 5 rings (SSSR count). The van der Waals surface area contributed by atoms with Crippen LogP contribution in [0.25, 0.3) is 28.4 Å². The van der Waals surface area contributed by atoms with Crippen LogP contribution in [0.2, 0.25) is 0 Å². The first-order valence-electron chi connectivity index (χ1n) is 8.89. The van der Waals surface area contributed by atoms with Crippen molar-refractivity contribution in [2.45, 2.75) is 0 Å². The zero-order valence-electron chi connectivity index (χ0n) is 15.1. The number of phenolic OH excluding ortho intramolecular Hbond substituents is 1. The number of ether oxygens (including phenoxy) is 1. The van der Waals surface area contributed by atoms with Crippen molar-refractivity contribution >= 4 is 22.9 Å². The van der Waals surface area contributed by atoms with Gasteiger partial charge in [0.25, 0.3) is 0 Å². The predicted octanol–water partition coefficient (Wildman–Crippen LogP) is 4.56. The summed E-state index contributed by atoms with van der Waals surface area (Å²) in [5, 5.41) is 10.6. The SMILES string of the molecule is Cn1c(-c2ccccc2)c(/C=C2\Oc3cc(O)ccc3C2=O)c2cccnc21. The molecule has 0 amide bonds. The lowest BCUT2D eigenvalue weighted by Gasteiger charge is -2.06. The van der Waals surface area contributed by atoms with Gasteiger partial charge in [-0.05, 0) is 35.9 Å². The molecule has 0 saturated carbocycles. The van der Waals surface area contributed by atoms with Gasteiger partial charge in [-0.15, -0.1) is 0 Å². The van der Waals surface area contributed by atoms with E-state index in [1.165, 1.54) is 12.1 Å². The normalized spacial score (nSPS) is 14.5. The van der Waals surface area contributed by atoms with E-state index in [4.69, 9.17) is 4.74 Å². The Bertz CT molecular complexity index is 1270. The molecule has 5 heteroatoms. The molecule has 1 N–H and O–H groups in total. The van der Waals surface area contributed by atoms with Crippen molar-refractivity contribution in [3.8, 4) is 22.8 Å². The highest BCUT2D eigenvalue weighted by Crippen LogP contribution is 2.38. The average molecular weight is 368 g/mol. The number of aromatic nitrogens is 2. The number of benzene rings is 2. The number of hydrogen-bond donors (Lipinski definition) is 1. The quantitative estimate of drug-likeness (QED) is 0.527. The lowest BCUT2D eigenvalue weighted by atomic mass is 10.0. The van der Waals surface area contributed by atoms with Crippen LogP contribution in [0.1, 0.15) is 15.9 Å². The van der Waals surface area contributed by atoms with Gasteiger partial charge in [0.2, 0.25) is 5.78 Å². The van der Waals surface area contributed by atoms with Crippen LogP contribution in [-0.4, -0.2) is 20.4 Å². The summed E-state index contributed by atoms with van der Waals surface area (Å²) >= 11 is 0. The number of aryl methyl sites for hydroxylation is 1. The summed E-state index contributed by atoms with van der Waals surface area (Å²) in [6.45, 7) is 0. The van der Waals surface area contributed by atoms with Crippen LogP contribution in [0, 0.1) is 0 Å². The lowest BCUT2D eigenvalue weighted by molar-refractivity contribution is 0.101. The van der Waals surface area contributed by atoms with Crippen molar-refractivity contribution < 1.29 is 14.6 Å². The Morgan fingerprint density at radius 3 is 2.71 bits per heavy atom. The standard InChI is InChI=1S/C23H16N2O3/c1-25-21(14-6-3-2-4-7-14)18(16-8-5-11-24-23(16)25)13-20-22(27)17-10-9-15(26)12-19(17)28-20/h2-13,26H,1H3/b20-13-. The summed E-state index contributed by atoms with van der Waals surface area (Å²) in [5.41, 5.74) is 4.13. The Morgan fingerprint density at radius 1 is 1.07 bits per heavy atom. The summed E-state index contributed by atoms with van der Waals surface area (Å²) in [6.07, 6.45) is 3.52. The number of hydrogen-bond acceptors (Lipinski definition) is 4. The minimum Gasteiger partial charge on any atom is -0.508 e. The Hall–Kier alpha value is -3.86. The van der Waals surface area contributed by atoms with Crippen molar-refractivity contribution in [2.24, 2.45) is 7.05 Å². The van der Waals surface area contributed by atoms with E-state index in [0.29, 0.717) is 11.3 Å². The first kappa shape index (κ1) is 16.3. The molecule has 5 nitrogen and oxygen atoms in total. The van der Waals surface area contributed by atoms with Crippen LogP contribution in [0.5, 0.6) is 11.5 Å². The van der Waals surface area contributed by atoms with E-state index in [0.717, 1.165) is 27.9 Å². The fraction of sp³-hybridized carbons (Fsp3) is 0.0435. The second-order valence-electron chi connectivity index (χ2n) is 6.68. The number of pyridine rings is 1. The fourth-order valence-corrected chi connectivity index (χ4v) is 3.69. The van der Waals surface area contributed by atoms with Gasteiger partial charge < -0.3 is 14.4 Å². The van der Waals surface area contributed by atoms with Gasteiger partial charge in [-0.2, -0.15) is 0 Å². The Kier molecular flexibility index (Phi) is 3.55. The third-order valence-corrected chi connectivity index (χ3v) is 4.96. The minimum absolute atomic E-state index is 0.0622. The summed E-state index contributed by atoms with van der Waals surface area (Å²) < 4.78 is 7.80. The Balaban J connectivity index is 1.74. The molecule has 1 aliphatic rings. The molecular formula is C23H16N2O3. The van der Waals surface area contributed by atoms with Gasteiger partial charge in [0.1, 0.15) is 17.1 Å². The molecule has 0 fully saturated rings. The fourth-order valence-electron chi connectivity index (χ4n) is 3.69. The first-order chi connectivity index (χ1) is 13.6. The van der Waals surface area contributed by atoms with Crippen LogP contribution in [0.15, 0.2) is 72.6 Å². The van der Waals surface area contributed by atoms with E-state index in [1.807, 2.05) is 54.1 Å². The van der Waals surface area contributed by atoms with E-state index < -0.39 is 0 Å². The number of phenols is 1. The number of fused-ring (bicyclic) bond motifs is 2. The molecule has 136 valence electrons. The number of nitrogens with zero attached hydrogens (tertiary/aromatic N) is 2. The molecule has 0 aliphatic carbocycles. The summed E-state index contributed by atoms with van der Waals surface area (Å²) in [5.74, 6) is 0.465. The van der Waals surface area contributed by atoms with Gasteiger partial charge in [0, 0.05) is 30.3 Å². The monoisotopic (exact) mass is 368 g/mol. The number of Topliss-reactive ketones (excluding diaryl/α,β-unsaturated/α-hetero) is 1. The number of ketones is 1. The zero-order valence-corrected chi connectivity index (χ0v) is 15.1. The largest absolute Gasteiger partial charge is 0.508 e. The third-order valence-electron chi connectivity index (χ3n) is 4.96. The lowest BCUT2D eigenvalue weighted by Crippen LogP contribution is -1.99. The van der Waals surface area contributed by atoms with Crippen LogP contribution >= 0.6 is 0 Å². The van der Waals surface area contributed by atoms with Crippen LogP contribution < -0.4 is 4.74 Å². The number of carbonyl (C=O) groups excluding carboxylic acids is 1.